The third-order valence-electron chi connectivity index (χ3n) is 3.59. The van der Waals surface area contributed by atoms with Gasteiger partial charge >= 0.3 is 0 Å². The van der Waals surface area contributed by atoms with Crippen molar-refractivity contribution >= 4 is 17.7 Å². The second kappa shape index (κ2) is 9.33. The lowest BCUT2D eigenvalue weighted by molar-refractivity contribution is -0.118. The molecule has 3 nitrogen and oxygen atoms in total. The Labute approximate surface area is 146 Å². The molecule has 0 saturated carbocycles. The van der Waals surface area contributed by atoms with Crippen molar-refractivity contribution in [3.8, 4) is 5.75 Å². The molecule has 0 saturated heterocycles. The van der Waals surface area contributed by atoms with E-state index in [2.05, 4.69) is 12.2 Å². The summed E-state index contributed by atoms with van der Waals surface area (Å²) in [6.07, 6.45) is 0. The Balaban J connectivity index is 1.59. The van der Waals surface area contributed by atoms with E-state index in [0.29, 0.717) is 24.7 Å². The predicted octanol–water partition coefficient (Wildman–Crippen LogP) is 3.87. The van der Waals surface area contributed by atoms with Crippen molar-refractivity contribution in [2.24, 2.45) is 0 Å². The molecule has 128 valence electrons. The molecule has 0 unspecified atom stereocenters. The van der Waals surface area contributed by atoms with E-state index in [-0.39, 0.29) is 11.7 Å². The summed E-state index contributed by atoms with van der Waals surface area (Å²) in [7, 11) is 0. The average molecular weight is 347 g/mol. The number of thioether (sulfide) groups is 1. The highest BCUT2D eigenvalue weighted by molar-refractivity contribution is 7.99. The van der Waals surface area contributed by atoms with Crippen LogP contribution in [0.25, 0.3) is 0 Å². The van der Waals surface area contributed by atoms with Crippen LogP contribution < -0.4 is 10.1 Å². The molecular formula is C19H22FNO2S. The first-order valence-electron chi connectivity index (χ1n) is 7.83. The van der Waals surface area contributed by atoms with Gasteiger partial charge in [0.2, 0.25) is 5.91 Å². The molecular weight excluding hydrogens is 325 g/mol. The number of rotatable bonds is 8. The van der Waals surface area contributed by atoms with Crippen LogP contribution in [0.3, 0.4) is 0 Å². The molecule has 0 atom stereocenters. The third kappa shape index (κ3) is 6.24. The second-order valence-electron chi connectivity index (χ2n) is 5.56. The maximum atomic E-state index is 12.8. The van der Waals surface area contributed by atoms with E-state index in [1.165, 1.54) is 35.0 Å². The summed E-state index contributed by atoms with van der Waals surface area (Å²) < 4.78 is 18.4. The maximum Gasteiger partial charge on any atom is 0.230 e. The zero-order chi connectivity index (χ0) is 17.4. The predicted molar refractivity (Wildman–Crippen MR) is 97.0 cm³/mol. The van der Waals surface area contributed by atoms with Crippen molar-refractivity contribution < 1.29 is 13.9 Å². The van der Waals surface area contributed by atoms with Gasteiger partial charge < -0.3 is 10.1 Å². The summed E-state index contributed by atoms with van der Waals surface area (Å²) in [5.41, 5.74) is 3.43. The fourth-order valence-corrected chi connectivity index (χ4v) is 2.87. The van der Waals surface area contributed by atoms with Crippen LogP contribution in [-0.4, -0.2) is 24.8 Å². The van der Waals surface area contributed by atoms with E-state index in [1.807, 2.05) is 25.1 Å². The van der Waals surface area contributed by atoms with Crippen LogP contribution in [0.2, 0.25) is 0 Å². The molecule has 0 spiro atoms. The minimum atomic E-state index is -0.245. The monoisotopic (exact) mass is 347 g/mol. The molecule has 5 heteroatoms. The Morgan fingerprint density at radius 3 is 2.58 bits per heavy atom. The van der Waals surface area contributed by atoms with Gasteiger partial charge in [0.1, 0.15) is 18.2 Å². The zero-order valence-electron chi connectivity index (χ0n) is 14.0. The van der Waals surface area contributed by atoms with Gasteiger partial charge in [-0.25, -0.2) is 4.39 Å². The quantitative estimate of drug-likeness (QED) is 0.737. The normalized spacial score (nSPS) is 10.5. The van der Waals surface area contributed by atoms with Crippen LogP contribution in [0.1, 0.15) is 16.7 Å². The molecule has 2 aromatic rings. The molecule has 2 rings (SSSR count). The van der Waals surface area contributed by atoms with Gasteiger partial charge in [-0.1, -0.05) is 18.2 Å². The maximum absolute atomic E-state index is 12.8. The lowest BCUT2D eigenvalue weighted by Gasteiger charge is -2.09. The number of benzene rings is 2. The Morgan fingerprint density at radius 1 is 1.12 bits per heavy atom. The van der Waals surface area contributed by atoms with Crippen molar-refractivity contribution in [2.45, 2.75) is 19.6 Å². The van der Waals surface area contributed by atoms with Gasteiger partial charge in [-0.05, 0) is 54.8 Å². The van der Waals surface area contributed by atoms with Gasteiger partial charge in [-0.2, -0.15) is 0 Å². The molecule has 0 bridgehead atoms. The molecule has 1 amide bonds. The smallest absolute Gasteiger partial charge is 0.230 e. The van der Waals surface area contributed by atoms with Gasteiger partial charge in [-0.3, -0.25) is 4.79 Å². The van der Waals surface area contributed by atoms with Crippen LogP contribution in [0.15, 0.2) is 42.5 Å². The highest BCUT2D eigenvalue weighted by Gasteiger charge is 2.03. The summed E-state index contributed by atoms with van der Waals surface area (Å²) in [4.78, 5) is 11.7. The van der Waals surface area contributed by atoms with Gasteiger partial charge in [0.25, 0.3) is 0 Å². The van der Waals surface area contributed by atoms with E-state index in [9.17, 15) is 9.18 Å². The minimum absolute atomic E-state index is 0.0224. The van der Waals surface area contributed by atoms with Crippen LogP contribution in [0, 0.1) is 19.7 Å². The first-order chi connectivity index (χ1) is 11.5. The van der Waals surface area contributed by atoms with E-state index in [0.717, 1.165) is 11.3 Å². The molecule has 24 heavy (non-hydrogen) atoms. The summed E-state index contributed by atoms with van der Waals surface area (Å²) in [6, 6.07) is 12.3. The van der Waals surface area contributed by atoms with Crippen molar-refractivity contribution in [2.75, 3.05) is 18.9 Å². The SMILES string of the molecule is Cc1ccc(OCCNC(=O)CSCc2ccc(F)cc2)cc1C. The number of ether oxygens (including phenoxy) is 1. The summed E-state index contributed by atoms with van der Waals surface area (Å²) >= 11 is 1.50. The van der Waals surface area contributed by atoms with E-state index < -0.39 is 0 Å². The Morgan fingerprint density at radius 2 is 1.88 bits per heavy atom. The molecule has 0 heterocycles. The number of carbonyl (C=O) groups is 1. The third-order valence-corrected chi connectivity index (χ3v) is 4.59. The number of hydrogen-bond acceptors (Lipinski definition) is 3. The van der Waals surface area contributed by atoms with Crippen LogP contribution in [0.5, 0.6) is 5.75 Å². The largest absolute Gasteiger partial charge is 0.492 e. The molecule has 0 fully saturated rings. The number of amides is 1. The molecule has 0 radical (unpaired) electrons. The van der Waals surface area contributed by atoms with Crippen LogP contribution in [-0.2, 0) is 10.5 Å². The molecule has 1 N–H and O–H groups in total. The summed E-state index contributed by atoms with van der Waals surface area (Å²) in [6.45, 7) is 5.02. The standard InChI is InChI=1S/C19H22FNO2S/c1-14-3-8-18(11-15(14)2)23-10-9-21-19(22)13-24-12-16-4-6-17(20)7-5-16/h3-8,11H,9-10,12-13H2,1-2H3,(H,21,22). The number of aryl methyl sites for hydroxylation is 2. The molecule has 0 aliphatic carbocycles. The fraction of sp³-hybridized carbons (Fsp3) is 0.316. The number of nitrogens with one attached hydrogen (secondary N) is 1. The zero-order valence-corrected chi connectivity index (χ0v) is 14.8. The Bertz CT molecular complexity index is 674. The van der Waals surface area contributed by atoms with Crippen LogP contribution in [0.4, 0.5) is 4.39 Å². The summed E-state index contributed by atoms with van der Waals surface area (Å²) in [5, 5.41) is 2.83. The summed E-state index contributed by atoms with van der Waals surface area (Å²) in [5.74, 6) is 1.61. The van der Waals surface area contributed by atoms with Crippen molar-refractivity contribution in [3.05, 3.63) is 65.0 Å². The van der Waals surface area contributed by atoms with Gasteiger partial charge in [0.05, 0.1) is 12.3 Å². The van der Waals surface area contributed by atoms with Gasteiger partial charge in [0, 0.05) is 5.75 Å². The van der Waals surface area contributed by atoms with Crippen LogP contribution >= 0.6 is 11.8 Å². The fourth-order valence-electron chi connectivity index (χ4n) is 2.06. The first-order valence-corrected chi connectivity index (χ1v) is 8.99. The van der Waals surface area contributed by atoms with E-state index in [1.54, 1.807) is 12.1 Å². The molecule has 0 aliphatic heterocycles. The Hall–Kier alpha value is -2.01. The minimum Gasteiger partial charge on any atom is -0.492 e. The lowest BCUT2D eigenvalue weighted by atomic mass is 10.1. The molecule has 2 aromatic carbocycles. The number of hydrogen-bond donors (Lipinski definition) is 1. The highest BCUT2D eigenvalue weighted by atomic mass is 32.2. The van der Waals surface area contributed by atoms with Crippen molar-refractivity contribution in [1.29, 1.82) is 0 Å². The highest BCUT2D eigenvalue weighted by Crippen LogP contribution is 2.16. The molecule has 0 aromatic heterocycles. The van der Waals surface area contributed by atoms with Gasteiger partial charge in [-0.15, -0.1) is 11.8 Å². The molecule has 0 aliphatic rings. The van der Waals surface area contributed by atoms with E-state index in [4.69, 9.17) is 4.74 Å². The number of halogens is 1. The van der Waals surface area contributed by atoms with Gasteiger partial charge in [0.15, 0.2) is 0 Å². The lowest BCUT2D eigenvalue weighted by Crippen LogP contribution is -2.29. The second-order valence-corrected chi connectivity index (χ2v) is 6.55. The number of carbonyl (C=O) groups excluding carboxylic acids is 1. The average Bonchev–Trinajstić information content (AvgIpc) is 2.56. The van der Waals surface area contributed by atoms with Crippen molar-refractivity contribution in [3.63, 3.8) is 0 Å². The topological polar surface area (TPSA) is 38.3 Å². The van der Waals surface area contributed by atoms with E-state index >= 15 is 0 Å². The first kappa shape index (κ1) is 18.3. The Kier molecular flexibility index (Phi) is 7.12. The van der Waals surface area contributed by atoms with Crippen molar-refractivity contribution in [1.82, 2.24) is 5.32 Å².